The number of hydrogen-bond donors (Lipinski definition) is 2. The number of hydrogen-bond acceptors (Lipinski definition) is 4. The number of aryl methyl sites for hydroxylation is 1. The summed E-state index contributed by atoms with van der Waals surface area (Å²) in [6.07, 6.45) is 0. The Labute approximate surface area is 158 Å². The summed E-state index contributed by atoms with van der Waals surface area (Å²) in [4.78, 5) is 25.6. The first kappa shape index (κ1) is 20.6. The third-order valence-corrected chi connectivity index (χ3v) is 5.49. The van der Waals surface area contributed by atoms with Crippen molar-refractivity contribution >= 4 is 21.9 Å². The molecule has 3 N–H and O–H groups in total. The van der Waals surface area contributed by atoms with Gasteiger partial charge in [0.25, 0.3) is 5.91 Å². The molecule has 0 aromatic heterocycles. The minimum absolute atomic E-state index is 0.0742. The van der Waals surface area contributed by atoms with Gasteiger partial charge in [0, 0.05) is 12.1 Å². The molecule has 2 rings (SSSR count). The van der Waals surface area contributed by atoms with Gasteiger partial charge in [0.05, 0.1) is 4.90 Å². The van der Waals surface area contributed by atoms with Crippen LogP contribution in [0.5, 0.6) is 0 Å². The molecule has 2 aromatic carbocycles. The SMILES string of the molecule is Cc1cc(C(=O)N(Cc2ccccc2)C(C)C(=O)O)cc(S(N)(=O)=O)c1C. The molecule has 27 heavy (non-hydrogen) atoms. The van der Waals surface area contributed by atoms with Crippen LogP contribution in [0.15, 0.2) is 47.4 Å². The van der Waals surface area contributed by atoms with Crippen LogP contribution in [0.2, 0.25) is 0 Å². The maximum absolute atomic E-state index is 13.1. The largest absolute Gasteiger partial charge is 0.480 e. The topological polar surface area (TPSA) is 118 Å². The standard InChI is InChI=1S/C19H22N2O5S/c1-12-9-16(10-17(13(12)2)27(20,25)26)18(22)21(14(3)19(23)24)11-15-7-5-4-6-8-15/h4-10,14H,11H2,1-3H3,(H,23,24)(H2,20,25,26). The first-order valence-corrected chi connectivity index (χ1v) is 9.78. The second-order valence-electron chi connectivity index (χ2n) is 6.39. The van der Waals surface area contributed by atoms with Crippen molar-refractivity contribution in [2.24, 2.45) is 5.14 Å². The summed E-state index contributed by atoms with van der Waals surface area (Å²) in [5, 5.41) is 14.7. The highest BCUT2D eigenvalue weighted by atomic mass is 32.2. The molecule has 0 aliphatic rings. The third kappa shape index (κ3) is 4.72. The van der Waals surface area contributed by atoms with Crippen LogP contribution in [-0.4, -0.2) is 36.3 Å². The lowest BCUT2D eigenvalue weighted by molar-refractivity contribution is -0.141. The van der Waals surface area contributed by atoms with Crippen molar-refractivity contribution in [3.63, 3.8) is 0 Å². The summed E-state index contributed by atoms with van der Waals surface area (Å²) in [6.45, 7) is 4.75. The van der Waals surface area contributed by atoms with Crippen molar-refractivity contribution in [3.05, 3.63) is 64.7 Å². The Morgan fingerprint density at radius 3 is 2.26 bits per heavy atom. The van der Waals surface area contributed by atoms with Gasteiger partial charge < -0.3 is 10.0 Å². The molecule has 1 atom stereocenters. The third-order valence-electron chi connectivity index (χ3n) is 4.45. The van der Waals surface area contributed by atoms with Crippen LogP contribution in [0, 0.1) is 13.8 Å². The number of carboxylic acids is 1. The molecule has 0 saturated heterocycles. The van der Waals surface area contributed by atoms with Crippen LogP contribution in [0.3, 0.4) is 0 Å². The second kappa shape index (κ2) is 7.89. The van der Waals surface area contributed by atoms with Gasteiger partial charge in [-0.15, -0.1) is 0 Å². The number of carboxylic acid groups (broad SMARTS) is 1. The predicted molar refractivity (Wildman–Crippen MR) is 101 cm³/mol. The molecule has 8 heteroatoms. The summed E-state index contributed by atoms with van der Waals surface area (Å²) >= 11 is 0. The number of carbonyl (C=O) groups is 2. The average Bonchev–Trinajstić information content (AvgIpc) is 2.60. The van der Waals surface area contributed by atoms with E-state index < -0.39 is 27.9 Å². The molecule has 1 amide bonds. The van der Waals surface area contributed by atoms with Crippen molar-refractivity contribution in [2.75, 3.05) is 0 Å². The number of nitrogens with two attached hydrogens (primary N) is 1. The fraction of sp³-hybridized carbons (Fsp3) is 0.263. The molecule has 144 valence electrons. The first-order valence-electron chi connectivity index (χ1n) is 8.24. The Bertz CT molecular complexity index is 971. The van der Waals surface area contributed by atoms with Gasteiger partial charge >= 0.3 is 5.97 Å². The lowest BCUT2D eigenvalue weighted by Crippen LogP contribution is -2.42. The van der Waals surface area contributed by atoms with E-state index in [1.54, 1.807) is 44.2 Å². The van der Waals surface area contributed by atoms with E-state index in [0.717, 1.165) is 5.56 Å². The highest BCUT2D eigenvalue weighted by Gasteiger charge is 2.28. The van der Waals surface area contributed by atoms with Gasteiger partial charge in [0.1, 0.15) is 6.04 Å². The van der Waals surface area contributed by atoms with Crippen molar-refractivity contribution < 1.29 is 23.1 Å². The van der Waals surface area contributed by atoms with Gasteiger partial charge in [-0.2, -0.15) is 0 Å². The average molecular weight is 390 g/mol. The molecule has 0 saturated carbocycles. The molecular weight excluding hydrogens is 368 g/mol. The molecule has 2 aromatic rings. The number of sulfonamides is 1. The lowest BCUT2D eigenvalue weighted by atomic mass is 10.0. The number of aliphatic carboxylic acids is 1. The minimum Gasteiger partial charge on any atom is -0.480 e. The molecule has 0 bridgehead atoms. The van der Waals surface area contributed by atoms with E-state index in [2.05, 4.69) is 0 Å². The quantitative estimate of drug-likeness (QED) is 0.783. The molecule has 0 aliphatic heterocycles. The van der Waals surface area contributed by atoms with E-state index in [9.17, 15) is 23.1 Å². The fourth-order valence-corrected chi connectivity index (χ4v) is 3.59. The Balaban J connectivity index is 2.52. The Kier molecular flexibility index (Phi) is 6.02. The van der Waals surface area contributed by atoms with Gasteiger partial charge in [-0.05, 0) is 49.6 Å². The summed E-state index contributed by atoms with van der Waals surface area (Å²) in [5.74, 6) is -1.74. The molecule has 0 spiro atoms. The van der Waals surface area contributed by atoms with Crippen molar-refractivity contribution in [1.29, 1.82) is 0 Å². The van der Waals surface area contributed by atoms with E-state index in [-0.39, 0.29) is 17.0 Å². The molecule has 7 nitrogen and oxygen atoms in total. The molecule has 0 fully saturated rings. The van der Waals surface area contributed by atoms with Crippen LogP contribution < -0.4 is 5.14 Å². The van der Waals surface area contributed by atoms with Crippen LogP contribution in [0.1, 0.15) is 34.0 Å². The first-order chi connectivity index (χ1) is 12.5. The normalized spacial score (nSPS) is 12.4. The van der Waals surface area contributed by atoms with Gasteiger partial charge in [0.2, 0.25) is 10.0 Å². The highest BCUT2D eigenvalue weighted by Crippen LogP contribution is 2.22. The Hall–Kier alpha value is -2.71. The molecule has 0 aliphatic carbocycles. The van der Waals surface area contributed by atoms with E-state index in [1.807, 2.05) is 6.07 Å². The van der Waals surface area contributed by atoms with Gasteiger partial charge in [-0.3, -0.25) is 4.79 Å². The van der Waals surface area contributed by atoms with Crippen LogP contribution >= 0.6 is 0 Å². The minimum atomic E-state index is -4.02. The second-order valence-corrected chi connectivity index (χ2v) is 7.92. The number of benzene rings is 2. The van der Waals surface area contributed by atoms with Crippen molar-refractivity contribution in [3.8, 4) is 0 Å². The van der Waals surface area contributed by atoms with E-state index in [0.29, 0.717) is 11.1 Å². The summed E-state index contributed by atoms with van der Waals surface area (Å²) < 4.78 is 23.7. The van der Waals surface area contributed by atoms with Gasteiger partial charge in [-0.25, -0.2) is 18.4 Å². The zero-order valence-corrected chi connectivity index (χ0v) is 16.2. The number of primary sulfonamides is 1. The lowest BCUT2D eigenvalue weighted by Gasteiger charge is -2.27. The van der Waals surface area contributed by atoms with Crippen LogP contribution in [0.25, 0.3) is 0 Å². The number of nitrogens with zero attached hydrogens (tertiary/aromatic N) is 1. The number of amides is 1. The monoisotopic (exact) mass is 390 g/mol. The molecule has 1 unspecified atom stereocenters. The highest BCUT2D eigenvalue weighted by molar-refractivity contribution is 7.89. The zero-order chi connectivity index (χ0) is 20.4. The maximum Gasteiger partial charge on any atom is 0.326 e. The van der Waals surface area contributed by atoms with Crippen LogP contribution in [-0.2, 0) is 21.4 Å². The fourth-order valence-electron chi connectivity index (χ4n) is 2.71. The van der Waals surface area contributed by atoms with Crippen molar-refractivity contribution in [2.45, 2.75) is 38.3 Å². The Morgan fingerprint density at radius 1 is 1.15 bits per heavy atom. The zero-order valence-electron chi connectivity index (χ0n) is 15.3. The maximum atomic E-state index is 13.1. The number of carbonyl (C=O) groups excluding carboxylic acids is 1. The van der Waals surface area contributed by atoms with Gasteiger partial charge in [-0.1, -0.05) is 30.3 Å². The molecule has 0 heterocycles. The molecule has 0 radical (unpaired) electrons. The van der Waals surface area contributed by atoms with E-state index in [4.69, 9.17) is 5.14 Å². The van der Waals surface area contributed by atoms with E-state index in [1.165, 1.54) is 17.9 Å². The van der Waals surface area contributed by atoms with Crippen LogP contribution in [0.4, 0.5) is 0 Å². The van der Waals surface area contributed by atoms with Crippen molar-refractivity contribution in [1.82, 2.24) is 4.90 Å². The van der Waals surface area contributed by atoms with Gasteiger partial charge in [0.15, 0.2) is 0 Å². The van der Waals surface area contributed by atoms with E-state index >= 15 is 0 Å². The number of rotatable bonds is 6. The summed E-state index contributed by atoms with van der Waals surface area (Å²) in [5.41, 5.74) is 1.86. The Morgan fingerprint density at radius 2 is 1.74 bits per heavy atom. The smallest absolute Gasteiger partial charge is 0.326 e. The predicted octanol–water partition coefficient (Wildman–Crippen LogP) is 2.07. The summed E-state index contributed by atoms with van der Waals surface area (Å²) in [6, 6.07) is 10.6. The molecular formula is C19H22N2O5S. The summed E-state index contributed by atoms with van der Waals surface area (Å²) in [7, 11) is -4.02.